The maximum Gasteiger partial charge on any atom is 0.253 e. The third-order valence-electron chi connectivity index (χ3n) is 4.80. The predicted molar refractivity (Wildman–Crippen MR) is 101 cm³/mol. The molecule has 0 bridgehead atoms. The summed E-state index contributed by atoms with van der Waals surface area (Å²) >= 11 is 0. The normalized spacial score (nSPS) is 15.5. The number of amides is 1. The average Bonchev–Trinajstić information content (AvgIpc) is 3.06. The zero-order chi connectivity index (χ0) is 18.5. The Morgan fingerprint density at radius 2 is 1.63 bits per heavy atom. The highest BCUT2D eigenvalue weighted by Crippen LogP contribution is 2.13. The van der Waals surface area contributed by atoms with Gasteiger partial charge in [-0.1, -0.05) is 36.4 Å². The second kappa shape index (κ2) is 8.09. The van der Waals surface area contributed by atoms with Crippen LogP contribution in [0.25, 0.3) is 5.69 Å². The van der Waals surface area contributed by atoms with Gasteiger partial charge < -0.3 is 4.90 Å². The molecular formula is C20H22N6O. The van der Waals surface area contributed by atoms with E-state index in [2.05, 4.69) is 20.4 Å². The first-order chi connectivity index (χ1) is 13.3. The van der Waals surface area contributed by atoms with Crippen molar-refractivity contribution in [3.63, 3.8) is 0 Å². The van der Waals surface area contributed by atoms with E-state index in [0.29, 0.717) is 13.1 Å². The number of nitrogens with zero attached hydrogens (tertiary/aromatic N) is 6. The number of carbonyl (C=O) groups is 1. The smallest absolute Gasteiger partial charge is 0.253 e. The van der Waals surface area contributed by atoms with Crippen molar-refractivity contribution in [3.8, 4) is 5.69 Å². The average molecular weight is 362 g/mol. The molecule has 0 saturated carbocycles. The lowest BCUT2D eigenvalue weighted by molar-refractivity contribution is 0.0761. The van der Waals surface area contributed by atoms with Crippen LogP contribution in [0.5, 0.6) is 0 Å². The molecule has 1 saturated heterocycles. The van der Waals surface area contributed by atoms with Crippen LogP contribution in [-0.2, 0) is 6.54 Å². The minimum atomic E-state index is 0.103. The Balaban J connectivity index is 1.41. The van der Waals surface area contributed by atoms with Gasteiger partial charge in [0, 0.05) is 31.7 Å². The first kappa shape index (κ1) is 17.4. The molecule has 0 aliphatic carbocycles. The number of carbonyl (C=O) groups excluding carboxylic acids is 1. The van der Waals surface area contributed by atoms with Gasteiger partial charge in [0.25, 0.3) is 5.91 Å². The van der Waals surface area contributed by atoms with Gasteiger partial charge in [-0.3, -0.25) is 9.69 Å². The van der Waals surface area contributed by atoms with Crippen LogP contribution in [0.2, 0.25) is 0 Å². The molecule has 0 radical (unpaired) electrons. The highest BCUT2D eigenvalue weighted by atomic mass is 16.2. The molecule has 1 amide bonds. The monoisotopic (exact) mass is 362 g/mol. The van der Waals surface area contributed by atoms with Gasteiger partial charge >= 0.3 is 0 Å². The van der Waals surface area contributed by atoms with Crippen LogP contribution in [0, 0.1) is 0 Å². The van der Waals surface area contributed by atoms with Gasteiger partial charge in [0.05, 0.1) is 12.2 Å². The largest absolute Gasteiger partial charge is 0.337 e. The van der Waals surface area contributed by atoms with Crippen molar-refractivity contribution in [1.29, 1.82) is 0 Å². The van der Waals surface area contributed by atoms with E-state index in [1.807, 2.05) is 65.6 Å². The van der Waals surface area contributed by atoms with Gasteiger partial charge in [-0.2, -0.15) is 4.68 Å². The summed E-state index contributed by atoms with van der Waals surface area (Å²) in [6, 6.07) is 19.4. The SMILES string of the molecule is O=C(c1ccccc1)N1CCCN(Cc2nnnn2-c2ccccc2)CC1. The zero-order valence-electron chi connectivity index (χ0n) is 15.1. The van der Waals surface area contributed by atoms with E-state index in [1.165, 1.54) is 0 Å². The van der Waals surface area contributed by atoms with E-state index in [-0.39, 0.29) is 5.91 Å². The fourth-order valence-electron chi connectivity index (χ4n) is 3.37. The summed E-state index contributed by atoms with van der Waals surface area (Å²) in [4.78, 5) is 16.9. The minimum Gasteiger partial charge on any atom is -0.337 e. The highest BCUT2D eigenvalue weighted by Gasteiger charge is 2.21. The molecule has 7 heteroatoms. The molecule has 0 N–H and O–H groups in total. The number of hydrogen-bond acceptors (Lipinski definition) is 5. The summed E-state index contributed by atoms with van der Waals surface area (Å²) in [5, 5.41) is 12.2. The van der Waals surface area contributed by atoms with E-state index < -0.39 is 0 Å². The maximum absolute atomic E-state index is 12.7. The van der Waals surface area contributed by atoms with Crippen molar-refractivity contribution in [3.05, 3.63) is 72.1 Å². The molecule has 0 spiro atoms. The predicted octanol–water partition coefficient (Wildman–Crippen LogP) is 2.01. The highest BCUT2D eigenvalue weighted by molar-refractivity contribution is 5.94. The lowest BCUT2D eigenvalue weighted by Gasteiger charge is -2.21. The topological polar surface area (TPSA) is 67.2 Å². The van der Waals surface area contributed by atoms with Crippen LogP contribution in [0.3, 0.4) is 0 Å². The molecule has 27 heavy (non-hydrogen) atoms. The van der Waals surface area contributed by atoms with Crippen molar-refractivity contribution in [1.82, 2.24) is 30.0 Å². The number of aromatic nitrogens is 4. The number of tetrazole rings is 1. The summed E-state index contributed by atoms with van der Waals surface area (Å²) in [7, 11) is 0. The number of hydrogen-bond donors (Lipinski definition) is 0. The molecule has 1 aromatic heterocycles. The van der Waals surface area contributed by atoms with E-state index in [1.54, 1.807) is 4.68 Å². The Kier molecular flexibility index (Phi) is 5.20. The molecule has 2 aromatic carbocycles. The van der Waals surface area contributed by atoms with E-state index in [4.69, 9.17) is 0 Å². The Morgan fingerprint density at radius 1 is 0.889 bits per heavy atom. The summed E-state index contributed by atoms with van der Waals surface area (Å²) in [5.74, 6) is 0.913. The van der Waals surface area contributed by atoms with Crippen molar-refractivity contribution < 1.29 is 4.79 Å². The summed E-state index contributed by atoms with van der Waals surface area (Å²) in [5.41, 5.74) is 1.70. The Labute approximate surface area is 158 Å². The molecule has 4 rings (SSSR count). The Morgan fingerprint density at radius 3 is 2.41 bits per heavy atom. The van der Waals surface area contributed by atoms with Crippen LogP contribution in [0.1, 0.15) is 22.6 Å². The van der Waals surface area contributed by atoms with Crippen molar-refractivity contribution in [2.24, 2.45) is 0 Å². The fraction of sp³-hybridized carbons (Fsp3) is 0.300. The standard InChI is InChI=1S/C20H22N6O/c27-20(17-8-3-1-4-9-17)25-13-7-12-24(14-15-25)16-19-21-22-23-26(19)18-10-5-2-6-11-18/h1-6,8-11H,7,12-16H2. The molecule has 2 heterocycles. The van der Waals surface area contributed by atoms with Crippen LogP contribution >= 0.6 is 0 Å². The Hall–Kier alpha value is -3.06. The number of rotatable bonds is 4. The van der Waals surface area contributed by atoms with Crippen LogP contribution < -0.4 is 0 Å². The first-order valence-corrected chi connectivity index (χ1v) is 9.20. The minimum absolute atomic E-state index is 0.103. The van der Waals surface area contributed by atoms with E-state index in [9.17, 15) is 4.79 Å². The third kappa shape index (κ3) is 4.03. The van der Waals surface area contributed by atoms with Crippen molar-refractivity contribution in [2.45, 2.75) is 13.0 Å². The number of para-hydroxylation sites is 1. The van der Waals surface area contributed by atoms with E-state index >= 15 is 0 Å². The lowest BCUT2D eigenvalue weighted by atomic mass is 10.2. The quantitative estimate of drug-likeness (QED) is 0.710. The molecular weight excluding hydrogens is 340 g/mol. The molecule has 0 atom stereocenters. The van der Waals surface area contributed by atoms with Gasteiger partial charge in [0.2, 0.25) is 0 Å². The van der Waals surface area contributed by atoms with Gasteiger partial charge in [-0.25, -0.2) is 0 Å². The van der Waals surface area contributed by atoms with Crippen LogP contribution in [-0.4, -0.2) is 62.1 Å². The zero-order valence-corrected chi connectivity index (χ0v) is 15.1. The fourth-order valence-corrected chi connectivity index (χ4v) is 3.37. The Bertz CT molecular complexity index is 880. The van der Waals surface area contributed by atoms with Gasteiger partial charge in [-0.15, -0.1) is 5.10 Å². The summed E-state index contributed by atoms with van der Waals surface area (Å²) < 4.78 is 1.78. The lowest BCUT2D eigenvalue weighted by Crippen LogP contribution is -2.35. The van der Waals surface area contributed by atoms with Gasteiger partial charge in [-0.05, 0) is 41.1 Å². The molecule has 138 valence electrons. The first-order valence-electron chi connectivity index (χ1n) is 9.20. The second-order valence-corrected chi connectivity index (χ2v) is 6.63. The second-order valence-electron chi connectivity index (χ2n) is 6.63. The number of benzene rings is 2. The van der Waals surface area contributed by atoms with Crippen LogP contribution in [0.15, 0.2) is 60.7 Å². The summed E-state index contributed by atoms with van der Waals surface area (Å²) in [6.45, 7) is 3.87. The molecule has 0 unspecified atom stereocenters. The summed E-state index contributed by atoms with van der Waals surface area (Å²) in [6.07, 6.45) is 0.936. The maximum atomic E-state index is 12.7. The van der Waals surface area contributed by atoms with Crippen molar-refractivity contribution in [2.75, 3.05) is 26.2 Å². The van der Waals surface area contributed by atoms with Crippen molar-refractivity contribution >= 4 is 5.91 Å². The molecule has 7 nitrogen and oxygen atoms in total. The molecule has 1 fully saturated rings. The van der Waals surface area contributed by atoms with Gasteiger partial charge in [0.15, 0.2) is 5.82 Å². The third-order valence-corrected chi connectivity index (χ3v) is 4.80. The van der Waals surface area contributed by atoms with Crippen LogP contribution in [0.4, 0.5) is 0 Å². The van der Waals surface area contributed by atoms with E-state index in [0.717, 1.165) is 43.1 Å². The van der Waals surface area contributed by atoms with Gasteiger partial charge in [0.1, 0.15) is 0 Å². The molecule has 3 aromatic rings. The molecule has 1 aliphatic heterocycles. The molecule has 1 aliphatic rings.